The normalized spacial score (nSPS) is 14.1. The predicted molar refractivity (Wildman–Crippen MR) is 119 cm³/mol. The summed E-state index contributed by atoms with van der Waals surface area (Å²) in [6.45, 7) is 4.40. The van der Waals surface area contributed by atoms with E-state index in [0.717, 1.165) is 28.3 Å². The number of thioether (sulfide) groups is 1. The van der Waals surface area contributed by atoms with Crippen molar-refractivity contribution in [2.75, 3.05) is 31.9 Å². The smallest absolute Gasteiger partial charge is 0.233 e. The van der Waals surface area contributed by atoms with Gasteiger partial charge in [0.15, 0.2) is 0 Å². The second kappa shape index (κ2) is 10.7. The zero-order valence-electron chi connectivity index (χ0n) is 16.8. The van der Waals surface area contributed by atoms with Gasteiger partial charge in [0.1, 0.15) is 0 Å². The molecule has 1 heterocycles. The minimum absolute atomic E-state index is 0.101. The summed E-state index contributed by atoms with van der Waals surface area (Å²) in [5.74, 6) is 0.659. The van der Waals surface area contributed by atoms with Crippen molar-refractivity contribution in [2.24, 2.45) is 0 Å². The Labute approximate surface area is 182 Å². The molecule has 1 aliphatic heterocycles. The highest BCUT2D eigenvalue weighted by atomic mass is 35.5. The molecule has 154 valence electrons. The molecule has 0 N–H and O–H groups in total. The number of hydrogen-bond acceptors (Lipinski definition) is 3. The van der Waals surface area contributed by atoms with Gasteiger partial charge >= 0.3 is 0 Å². The monoisotopic (exact) mass is 430 g/mol. The number of benzene rings is 2. The number of carbonyl (C=O) groups excluding carboxylic acids is 2. The molecule has 0 aliphatic carbocycles. The third kappa shape index (κ3) is 6.25. The molecule has 6 heteroatoms. The maximum atomic E-state index is 12.5. The molecule has 29 heavy (non-hydrogen) atoms. The van der Waals surface area contributed by atoms with Gasteiger partial charge in [0.05, 0.1) is 10.8 Å². The van der Waals surface area contributed by atoms with Crippen LogP contribution in [0.1, 0.15) is 24.0 Å². The molecule has 0 radical (unpaired) electrons. The van der Waals surface area contributed by atoms with Crippen molar-refractivity contribution in [3.63, 3.8) is 0 Å². The highest BCUT2D eigenvalue weighted by Crippen LogP contribution is 2.29. The summed E-state index contributed by atoms with van der Waals surface area (Å²) >= 11 is 7.78. The van der Waals surface area contributed by atoms with Crippen molar-refractivity contribution in [1.29, 1.82) is 0 Å². The first kappa shape index (κ1) is 21.7. The second-order valence-corrected chi connectivity index (χ2v) is 8.67. The summed E-state index contributed by atoms with van der Waals surface area (Å²) in [4.78, 5) is 29.7. The highest BCUT2D eigenvalue weighted by Gasteiger charge is 2.24. The van der Waals surface area contributed by atoms with Crippen LogP contribution in [0.5, 0.6) is 0 Å². The lowest BCUT2D eigenvalue weighted by Gasteiger charge is -2.35. The molecule has 2 amide bonds. The topological polar surface area (TPSA) is 40.6 Å². The Morgan fingerprint density at radius 3 is 2.28 bits per heavy atom. The molecular formula is C23H27ClN2O2S. The van der Waals surface area contributed by atoms with Crippen molar-refractivity contribution < 1.29 is 9.59 Å². The molecule has 1 saturated heterocycles. The van der Waals surface area contributed by atoms with Gasteiger partial charge in [-0.3, -0.25) is 9.59 Å². The van der Waals surface area contributed by atoms with Gasteiger partial charge in [0, 0.05) is 37.5 Å². The van der Waals surface area contributed by atoms with Crippen molar-refractivity contribution in [3.05, 3.63) is 64.7 Å². The maximum Gasteiger partial charge on any atom is 0.233 e. The van der Waals surface area contributed by atoms with Crippen LogP contribution in [-0.4, -0.2) is 53.5 Å². The molecule has 3 rings (SSSR count). The van der Waals surface area contributed by atoms with Crippen LogP contribution in [0.2, 0.25) is 5.02 Å². The Balaban J connectivity index is 1.38. The fourth-order valence-corrected chi connectivity index (χ4v) is 4.63. The third-order valence-electron chi connectivity index (χ3n) is 5.19. The van der Waals surface area contributed by atoms with Crippen molar-refractivity contribution >= 4 is 35.2 Å². The summed E-state index contributed by atoms with van der Waals surface area (Å²) in [6, 6.07) is 16.1. The van der Waals surface area contributed by atoms with E-state index in [1.54, 1.807) is 0 Å². The zero-order valence-corrected chi connectivity index (χ0v) is 18.3. The van der Waals surface area contributed by atoms with E-state index in [1.165, 1.54) is 17.3 Å². The molecular weight excluding hydrogens is 404 g/mol. The van der Waals surface area contributed by atoms with Crippen LogP contribution in [0.25, 0.3) is 0 Å². The number of halogens is 1. The minimum atomic E-state index is 0.101. The summed E-state index contributed by atoms with van der Waals surface area (Å²) in [5.41, 5.74) is 2.28. The van der Waals surface area contributed by atoms with E-state index < -0.39 is 0 Å². The molecule has 0 bridgehead atoms. The van der Waals surface area contributed by atoms with Gasteiger partial charge in [-0.1, -0.05) is 54.1 Å². The first-order valence-electron chi connectivity index (χ1n) is 10.0. The van der Waals surface area contributed by atoms with Crippen LogP contribution in [0.3, 0.4) is 0 Å². The van der Waals surface area contributed by atoms with Gasteiger partial charge in [-0.2, -0.15) is 0 Å². The first-order chi connectivity index (χ1) is 14.0. The largest absolute Gasteiger partial charge is 0.339 e. The number of hydrogen-bond donors (Lipinski definition) is 0. The van der Waals surface area contributed by atoms with Gasteiger partial charge in [-0.15, -0.1) is 11.8 Å². The highest BCUT2D eigenvalue weighted by molar-refractivity contribution is 8.00. The van der Waals surface area contributed by atoms with Crippen LogP contribution in [0.15, 0.2) is 53.4 Å². The van der Waals surface area contributed by atoms with E-state index in [4.69, 9.17) is 11.6 Å². The Morgan fingerprint density at radius 1 is 0.931 bits per heavy atom. The Bertz CT molecular complexity index is 836. The van der Waals surface area contributed by atoms with E-state index in [0.29, 0.717) is 38.4 Å². The Kier molecular flexibility index (Phi) is 8.01. The van der Waals surface area contributed by atoms with Crippen LogP contribution < -0.4 is 0 Å². The molecule has 2 aromatic rings. The molecule has 0 atom stereocenters. The van der Waals surface area contributed by atoms with E-state index in [1.807, 2.05) is 53.1 Å². The second-order valence-electron chi connectivity index (χ2n) is 7.28. The number of nitrogens with zero attached hydrogens (tertiary/aromatic N) is 2. The predicted octanol–water partition coefficient (Wildman–Crippen LogP) is 4.43. The van der Waals surface area contributed by atoms with Crippen molar-refractivity contribution in [1.82, 2.24) is 9.80 Å². The average Bonchev–Trinajstić information content (AvgIpc) is 2.75. The van der Waals surface area contributed by atoms with Gasteiger partial charge < -0.3 is 9.80 Å². The van der Waals surface area contributed by atoms with Gasteiger partial charge in [-0.25, -0.2) is 0 Å². The van der Waals surface area contributed by atoms with E-state index in [2.05, 4.69) is 12.1 Å². The number of carbonyl (C=O) groups is 2. The number of aryl methyl sites for hydroxylation is 2. The third-order valence-corrected chi connectivity index (χ3v) is 6.85. The molecule has 1 aliphatic rings. The molecule has 0 saturated carbocycles. The molecule has 0 aromatic heterocycles. The minimum Gasteiger partial charge on any atom is -0.339 e. The van der Waals surface area contributed by atoms with Crippen LogP contribution in [0.4, 0.5) is 0 Å². The number of piperazine rings is 1. The summed E-state index contributed by atoms with van der Waals surface area (Å²) in [7, 11) is 0. The van der Waals surface area contributed by atoms with E-state index >= 15 is 0 Å². The number of rotatable bonds is 7. The summed E-state index contributed by atoms with van der Waals surface area (Å²) < 4.78 is 0. The van der Waals surface area contributed by atoms with Gasteiger partial charge in [0.25, 0.3) is 0 Å². The first-order valence-corrected chi connectivity index (χ1v) is 11.4. The molecule has 0 spiro atoms. The fraction of sp³-hybridized carbons (Fsp3) is 0.391. The SMILES string of the molecule is Cc1cccc(SCC(=O)N2CCN(C(=O)CCCc3ccccc3)CC2)c1Cl. The molecule has 4 nitrogen and oxygen atoms in total. The standard InChI is InChI=1S/C23H27ClN2O2S/c1-18-7-5-11-20(23(18)24)29-17-22(28)26-15-13-25(14-16-26)21(27)12-6-10-19-8-3-2-4-9-19/h2-5,7-9,11H,6,10,12-17H2,1H3. The molecule has 0 unspecified atom stereocenters. The van der Waals surface area contributed by atoms with Gasteiger partial charge in [0.2, 0.25) is 11.8 Å². The lowest BCUT2D eigenvalue weighted by molar-refractivity contribution is -0.138. The lowest BCUT2D eigenvalue weighted by Crippen LogP contribution is -2.51. The van der Waals surface area contributed by atoms with Crippen molar-refractivity contribution in [2.45, 2.75) is 31.1 Å². The zero-order chi connectivity index (χ0) is 20.6. The maximum absolute atomic E-state index is 12.5. The number of amides is 2. The fourth-order valence-electron chi connectivity index (χ4n) is 3.41. The van der Waals surface area contributed by atoms with Gasteiger partial charge in [-0.05, 0) is 37.0 Å². The molecule has 2 aromatic carbocycles. The summed E-state index contributed by atoms with van der Waals surface area (Å²) in [6.07, 6.45) is 2.34. The van der Waals surface area contributed by atoms with Crippen LogP contribution in [0, 0.1) is 6.92 Å². The van der Waals surface area contributed by atoms with Crippen molar-refractivity contribution in [3.8, 4) is 0 Å². The van der Waals surface area contributed by atoms with E-state index in [9.17, 15) is 9.59 Å². The van der Waals surface area contributed by atoms with E-state index in [-0.39, 0.29) is 11.8 Å². The molecule has 1 fully saturated rings. The lowest BCUT2D eigenvalue weighted by atomic mass is 10.1. The summed E-state index contributed by atoms with van der Waals surface area (Å²) in [5, 5.41) is 0.719. The van der Waals surface area contributed by atoms with Crippen LogP contribution in [-0.2, 0) is 16.0 Å². The Hall–Kier alpha value is -1.98. The van der Waals surface area contributed by atoms with Crippen LogP contribution >= 0.6 is 23.4 Å². The Morgan fingerprint density at radius 2 is 1.59 bits per heavy atom. The quantitative estimate of drug-likeness (QED) is 0.610. The average molecular weight is 431 g/mol.